The Kier molecular flexibility index (Phi) is 6.77. The molecule has 1 amide bonds. The molecule has 2 aliphatic heterocycles. The van der Waals surface area contributed by atoms with Gasteiger partial charge >= 0.3 is 0 Å². The third-order valence-corrected chi connectivity index (χ3v) is 7.38. The van der Waals surface area contributed by atoms with Gasteiger partial charge in [-0.2, -0.15) is 0 Å². The van der Waals surface area contributed by atoms with Gasteiger partial charge in [-0.25, -0.2) is 0 Å². The maximum absolute atomic E-state index is 13.7. The lowest BCUT2D eigenvalue weighted by Crippen LogP contribution is -2.41. The standard InChI is InChI=1S/C25H33NO4S/c1-15(2)29-13-5-12-26-22(17-7-9-18(31-4)10-8-17)21-23(27)19-14-16(3)6-11-20(19)30-24(21)25(26)28/h7-10,15-16,19-20,22H,5-6,11-14H2,1-4H3. The van der Waals surface area contributed by atoms with Crippen molar-refractivity contribution in [2.75, 3.05) is 19.4 Å². The van der Waals surface area contributed by atoms with Gasteiger partial charge in [0.1, 0.15) is 6.10 Å². The van der Waals surface area contributed by atoms with Crippen molar-refractivity contribution in [3.8, 4) is 0 Å². The number of Topliss-reactive ketones (excluding diaryl/α,β-unsaturated/α-hetero) is 1. The van der Waals surface area contributed by atoms with Crippen molar-refractivity contribution >= 4 is 23.5 Å². The van der Waals surface area contributed by atoms with E-state index in [9.17, 15) is 9.59 Å². The summed E-state index contributed by atoms with van der Waals surface area (Å²) in [5, 5.41) is 0. The molecule has 0 aromatic heterocycles. The molecule has 6 heteroatoms. The van der Waals surface area contributed by atoms with E-state index in [0.29, 0.717) is 30.4 Å². The number of nitrogens with zero attached hydrogens (tertiary/aromatic N) is 1. The van der Waals surface area contributed by atoms with Gasteiger partial charge in [0.05, 0.1) is 23.6 Å². The molecule has 1 fully saturated rings. The molecule has 1 aliphatic carbocycles. The minimum absolute atomic E-state index is 0.117. The number of fused-ring (bicyclic) bond motifs is 1. The van der Waals surface area contributed by atoms with Gasteiger partial charge in [-0.15, -0.1) is 11.8 Å². The summed E-state index contributed by atoms with van der Waals surface area (Å²) in [6.45, 7) is 7.34. The van der Waals surface area contributed by atoms with E-state index in [0.717, 1.165) is 36.1 Å². The van der Waals surface area contributed by atoms with Crippen molar-refractivity contribution in [3.63, 3.8) is 0 Å². The van der Waals surface area contributed by atoms with E-state index in [2.05, 4.69) is 19.1 Å². The van der Waals surface area contributed by atoms with Gasteiger partial charge in [-0.3, -0.25) is 9.59 Å². The van der Waals surface area contributed by atoms with Crippen LogP contribution in [-0.2, 0) is 19.1 Å². The largest absolute Gasteiger partial charge is 0.483 e. The van der Waals surface area contributed by atoms with Gasteiger partial charge in [0.15, 0.2) is 11.5 Å². The fourth-order valence-corrected chi connectivity index (χ4v) is 5.45. The third-order valence-electron chi connectivity index (χ3n) is 6.63. The van der Waals surface area contributed by atoms with Crippen LogP contribution in [0.1, 0.15) is 58.1 Å². The summed E-state index contributed by atoms with van der Waals surface area (Å²) >= 11 is 1.68. The normalized spacial score (nSPS) is 28.1. The number of hydrogen-bond donors (Lipinski definition) is 0. The molecule has 0 radical (unpaired) electrons. The number of carbonyl (C=O) groups excluding carboxylic acids is 2. The van der Waals surface area contributed by atoms with Crippen LogP contribution < -0.4 is 0 Å². The zero-order valence-electron chi connectivity index (χ0n) is 18.9. The Morgan fingerprint density at radius 1 is 1.19 bits per heavy atom. The zero-order chi connectivity index (χ0) is 22.1. The van der Waals surface area contributed by atoms with Gasteiger partial charge in [0, 0.05) is 18.0 Å². The first-order chi connectivity index (χ1) is 14.9. The molecule has 168 valence electrons. The number of carbonyl (C=O) groups is 2. The van der Waals surface area contributed by atoms with Gasteiger partial charge in [0.25, 0.3) is 5.91 Å². The van der Waals surface area contributed by atoms with Crippen LogP contribution in [0.3, 0.4) is 0 Å². The number of benzene rings is 1. The molecule has 0 saturated heterocycles. The minimum Gasteiger partial charge on any atom is -0.483 e. The maximum Gasteiger partial charge on any atom is 0.290 e. The van der Waals surface area contributed by atoms with Crippen molar-refractivity contribution in [2.45, 2.75) is 69.6 Å². The molecular formula is C25H33NO4S. The fourth-order valence-electron chi connectivity index (χ4n) is 5.04. The molecule has 4 unspecified atom stereocenters. The SMILES string of the molecule is CSc1ccc(C2C3=C(OC4CCC(C)CC4C3=O)C(=O)N2CCCOC(C)C)cc1. The Hall–Kier alpha value is -1.79. The lowest BCUT2D eigenvalue weighted by molar-refractivity contribution is -0.136. The summed E-state index contributed by atoms with van der Waals surface area (Å²) in [4.78, 5) is 30.0. The number of amides is 1. The predicted octanol–water partition coefficient (Wildman–Crippen LogP) is 4.77. The van der Waals surface area contributed by atoms with Gasteiger partial charge in [-0.1, -0.05) is 19.1 Å². The van der Waals surface area contributed by atoms with Crippen LogP contribution in [0.2, 0.25) is 0 Å². The van der Waals surface area contributed by atoms with Crippen molar-refractivity contribution in [1.82, 2.24) is 4.90 Å². The van der Waals surface area contributed by atoms with Crippen LogP contribution in [-0.4, -0.2) is 48.2 Å². The van der Waals surface area contributed by atoms with E-state index in [1.807, 2.05) is 37.1 Å². The van der Waals surface area contributed by atoms with E-state index < -0.39 is 0 Å². The Bertz CT molecular complexity index is 863. The Morgan fingerprint density at radius 3 is 2.61 bits per heavy atom. The number of rotatable bonds is 7. The summed E-state index contributed by atoms with van der Waals surface area (Å²) in [5.74, 6) is 0.642. The minimum atomic E-state index is -0.372. The Labute approximate surface area is 189 Å². The molecule has 4 atom stereocenters. The van der Waals surface area contributed by atoms with Gasteiger partial charge < -0.3 is 14.4 Å². The van der Waals surface area contributed by atoms with Crippen molar-refractivity contribution in [1.29, 1.82) is 0 Å². The highest BCUT2D eigenvalue weighted by atomic mass is 32.2. The summed E-state index contributed by atoms with van der Waals surface area (Å²) in [7, 11) is 0. The zero-order valence-corrected chi connectivity index (χ0v) is 19.7. The topological polar surface area (TPSA) is 55.8 Å². The molecule has 5 nitrogen and oxygen atoms in total. The number of thioether (sulfide) groups is 1. The smallest absolute Gasteiger partial charge is 0.290 e. The maximum atomic E-state index is 13.7. The lowest BCUT2D eigenvalue weighted by atomic mass is 9.74. The number of hydrogen-bond acceptors (Lipinski definition) is 5. The van der Waals surface area contributed by atoms with E-state index in [4.69, 9.17) is 9.47 Å². The van der Waals surface area contributed by atoms with Crippen LogP contribution in [0.25, 0.3) is 0 Å². The highest BCUT2D eigenvalue weighted by Gasteiger charge is 2.52. The van der Waals surface area contributed by atoms with E-state index in [1.165, 1.54) is 0 Å². The van der Waals surface area contributed by atoms with Gasteiger partial charge in [-0.05, 0) is 69.4 Å². The van der Waals surface area contributed by atoms with Crippen LogP contribution in [0.5, 0.6) is 0 Å². The molecule has 4 rings (SSSR count). The highest BCUT2D eigenvalue weighted by molar-refractivity contribution is 7.98. The molecule has 1 aromatic carbocycles. The number of ether oxygens (including phenoxy) is 2. The Morgan fingerprint density at radius 2 is 1.94 bits per heavy atom. The highest BCUT2D eigenvalue weighted by Crippen LogP contribution is 2.47. The van der Waals surface area contributed by atoms with Crippen LogP contribution in [0.4, 0.5) is 0 Å². The van der Waals surface area contributed by atoms with Crippen molar-refractivity contribution in [2.24, 2.45) is 11.8 Å². The second-order valence-electron chi connectivity index (χ2n) is 9.24. The second kappa shape index (κ2) is 9.37. The van der Waals surface area contributed by atoms with Crippen LogP contribution in [0, 0.1) is 11.8 Å². The first kappa shape index (κ1) is 22.4. The molecule has 31 heavy (non-hydrogen) atoms. The lowest BCUT2D eigenvalue weighted by Gasteiger charge is -2.37. The average Bonchev–Trinajstić information content (AvgIpc) is 3.04. The first-order valence-electron chi connectivity index (χ1n) is 11.4. The first-order valence-corrected chi connectivity index (χ1v) is 12.6. The third kappa shape index (κ3) is 4.42. The second-order valence-corrected chi connectivity index (χ2v) is 10.1. The predicted molar refractivity (Wildman–Crippen MR) is 122 cm³/mol. The quantitative estimate of drug-likeness (QED) is 0.449. The molecule has 2 heterocycles. The Balaban J connectivity index is 1.65. The fraction of sp³-hybridized carbons (Fsp3) is 0.600. The summed E-state index contributed by atoms with van der Waals surface area (Å²) < 4.78 is 11.9. The van der Waals surface area contributed by atoms with E-state index >= 15 is 0 Å². The molecule has 0 N–H and O–H groups in total. The van der Waals surface area contributed by atoms with E-state index in [-0.39, 0.29) is 35.9 Å². The molecule has 3 aliphatic rings. The average molecular weight is 444 g/mol. The van der Waals surface area contributed by atoms with Crippen molar-refractivity contribution < 1.29 is 19.1 Å². The molecule has 0 spiro atoms. The molecule has 1 aromatic rings. The molecule has 0 bridgehead atoms. The molecule has 1 saturated carbocycles. The summed E-state index contributed by atoms with van der Waals surface area (Å²) in [6, 6.07) is 7.83. The summed E-state index contributed by atoms with van der Waals surface area (Å²) in [5.41, 5.74) is 1.54. The number of ketones is 1. The van der Waals surface area contributed by atoms with Crippen molar-refractivity contribution in [3.05, 3.63) is 41.2 Å². The van der Waals surface area contributed by atoms with Crippen LogP contribution >= 0.6 is 11.8 Å². The van der Waals surface area contributed by atoms with Crippen LogP contribution in [0.15, 0.2) is 40.5 Å². The molecular weight excluding hydrogens is 410 g/mol. The monoisotopic (exact) mass is 443 g/mol. The summed E-state index contributed by atoms with van der Waals surface area (Å²) in [6.07, 6.45) is 5.49. The van der Waals surface area contributed by atoms with E-state index in [1.54, 1.807) is 11.8 Å². The van der Waals surface area contributed by atoms with Gasteiger partial charge in [0.2, 0.25) is 0 Å².